The lowest BCUT2D eigenvalue weighted by Gasteiger charge is -2.27. The Morgan fingerprint density at radius 1 is 1.24 bits per heavy atom. The fraction of sp³-hybridized carbons (Fsp3) is 0.571. The van der Waals surface area contributed by atoms with Gasteiger partial charge in [-0.1, -0.05) is 34.5 Å². The summed E-state index contributed by atoms with van der Waals surface area (Å²) in [5, 5.41) is 0. The van der Waals surface area contributed by atoms with Crippen molar-refractivity contribution in [3.05, 3.63) is 34.3 Å². The normalized spacial score (nSPS) is 19.2. The monoisotopic (exact) mass is 296 g/mol. The smallest absolute Gasteiger partial charge is 0.0307 e. The third-order valence-electron chi connectivity index (χ3n) is 3.48. The van der Waals surface area contributed by atoms with Gasteiger partial charge in [-0.3, -0.25) is 0 Å². The van der Waals surface area contributed by atoms with Crippen LogP contribution in [-0.2, 0) is 0 Å². The molecule has 2 nitrogen and oxygen atoms in total. The van der Waals surface area contributed by atoms with Gasteiger partial charge in [0.1, 0.15) is 0 Å². The third-order valence-corrected chi connectivity index (χ3v) is 3.98. The first-order valence-corrected chi connectivity index (χ1v) is 7.28. The molecule has 0 saturated carbocycles. The molecular weight excluding hydrogens is 276 g/mol. The van der Waals surface area contributed by atoms with E-state index >= 15 is 0 Å². The third kappa shape index (κ3) is 4.09. The van der Waals surface area contributed by atoms with Gasteiger partial charge in [0, 0.05) is 10.5 Å². The van der Waals surface area contributed by atoms with E-state index in [-0.39, 0.29) is 6.04 Å². The van der Waals surface area contributed by atoms with E-state index in [9.17, 15) is 0 Å². The molecule has 1 saturated heterocycles. The first kappa shape index (κ1) is 13.1. The van der Waals surface area contributed by atoms with Crippen molar-refractivity contribution >= 4 is 15.9 Å². The van der Waals surface area contributed by atoms with Crippen molar-refractivity contribution < 1.29 is 0 Å². The summed E-state index contributed by atoms with van der Waals surface area (Å²) in [4.78, 5) is 2.54. The Morgan fingerprint density at radius 3 is 2.71 bits per heavy atom. The van der Waals surface area contributed by atoms with Crippen molar-refractivity contribution in [3.63, 3.8) is 0 Å². The van der Waals surface area contributed by atoms with Crippen LogP contribution in [-0.4, -0.2) is 24.5 Å². The minimum atomic E-state index is 0.162. The molecule has 1 fully saturated rings. The lowest BCUT2D eigenvalue weighted by molar-refractivity contribution is 0.221. The average molecular weight is 297 g/mol. The van der Waals surface area contributed by atoms with Crippen LogP contribution in [0.25, 0.3) is 0 Å². The van der Waals surface area contributed by atoms with Gasteiger partial charge in [0.15, 0.2) is 0 Å². The number of nitrogens with zero attached hydrogens (tertiary/aromatic N) is 1. The van der Waals surface area contributed by atoms with Crippen molar-refractivity contribution in [2.24, 2.45) is 5.73 Å². The summed E-state index contributed by atoms with van der Waals surface area (Å²) in [5.74, 6) is 0. The lowest BCUT2D eigenvalue weighted by atomic mass is 10.0. The molecule has 0 radical (unpaired) electrons. The van der Waals surface area contributed by atoms with E-state index in [0.29, 0.717) is 0 Å². The SMILES string of the molecule is NC(CCN1CCCCC1)c1cccc(Br)c1. The Morgan fingerprint density at radius 2 is 2.00 bits per heavy atom. The van der Waals surface area contributed by atoms with Crippen molar-refractivity contribution in [2.45, 2.75) is 31.7 Å². The molecule has 2 rings (SSSR count). The first-order valence-electron chi connectivity index (χ1n) is 6.49. The Hall–Kier alpha value is -0.380. The molecule has 0 aliphatic carbocycles. The summed E-state index contributed by atoms with van der Waals surface area (Å²) in [7, 11) is 0. The zero-order valence-electron chi connectivity index (χ0n) is 10.2. The predicted molar refractivity (Wildman–Crippen MR) is 76.0 cm³/mol. The van der Waals surface area contributed by atoms with Crippen LogP contribution in [0, 0.1) is 0 Å². The lowest BCUT2D eigenvalue weighted by Crippen LogP contribution is -2.32. The van der Waals surface area contributed by atoms with Crippen LogP contribution in [0.1, 0.15) is 37.3 Å². The molecule has 1 aromatic rings. The average Bonchev–Trinajstić information content (AvgIpc) is 2.37. The molecule has 1 aromatic carbocycles. The van der Waals surface area contributed by atoms with Crippen molar-refractivity contribution in [3.8, 4) is 0 Å². The Kier molecular flexibility index (Phi) is 5.01. The second-order valence-electron chi connectivity index (χ2n) is 4.85. The van der Waals surface area contributed by atoms with Gasteiger partial charge in [0.2, 0.25) is 0 Å². The molecule has 1 heterocycles. The largest absolute Gasteiger partial charge is 0.324 e. The highest BCUT2D eigenvalue weighted by Crippen LogP contribution is 2.20. The predicted octanol–water partition coefficient (Wildman–Crippen LogP) is 3.32. The van der Waals surface area contributed by atoms with Crippen LogP contribution in [0.3, 0.4) is 0 Å². The molecule has 2 N–H and O–H groups in total. The molecule has 3 heteroatoms. The van der Waals surface area contributed by atoms with Crippen molar-refractivity contribution in [1.29, 1.82) is 0 Å². The van der Waals surface area contributed by atoms with E-state index in [1.54, 1.807) is 0 Å². The molecule has 0 bridgehead atoms. The molecule has 0 spiro atoms. The Bertz CT molecular complexity index is 348. The van der Waals surface area contributed by atoms with E-state index in [4.69, 9.17) is 5.73 Å². The van der Waals surface area contributed by atoms with Gasteiger partial charge in [-0.15, -0.1) is 0 Å². The molecule has 0 amide bonds. The van der Waals surface area contributed by atoms with E-state index in [1.807, 2.05) is 6.07 Å². The summed E-state index contributed by atoms with van der Waals surface area (Å²) < 4.78 is 1.11. The van der Waals surface area contributed by atoms with Crippen LogP contribution < -0.4 is 5.73 Å². The number of hydrogen-bond acceptors (Lipinski definition) is 2. The van der Waals surface area contributed by atoms with Crippen LogP contribution in [0.2, 0.25) is 0 Å². The van der Waals surface area contributed by atoms with E-state index in [0.717, 1.165) is 17.4 Å². The standard InChI is InChI=1S/C14H21BrN2/c15-13-6-4-5-12(11-13)14(16)7-10-17-8-2-1-3-9-17/h4-6,11,14H,1-3,7-10,16H2. The van der Waals surface area contributed by atoms with Crippen LogP contribution in [0.4, 0.5) is 0 Å². The fourth-order valence-electron chi connectivity index (χ4n) is 2.41. The van der Waals surface area contributed by atoms with Gasteiger partial charge in [-0.2, -0.15) is 0 Å². The molecule has 94 valence electrons. The number of halogens is 1. The summed E-state index contributed by atoms with van der Waals surface area (Å²) in [6.07, 6.45) is 5.16. The number of nitrogens with two attached hydrogens (primary N) is 1. The zero-order valence-corrected chi connectivity index (χ0v) is 11.8. The summed E-state index contributed by atoms with van der Waals surface area (Å²) in [6.45, 7) is 3.64. The molecule has 1 atom stereocenters. The van der Waals surface area contributed by atoms with Gasteiger partial charge in [-0.05, 0) is 56.6 Å². The highest BCUT2D eigenvalue weighted by molar-refractivity contribution is 9.10. The van der Waals surface area contributed by atoms with Gasteiger partial charge >= 0.3 is 0 Å². The maximum Gasteiger partial charge on any atom is 0.0307 e. The van der Waals surface area contributed by atoms with Crippen LogP contribution in [0.5, 0.6) is 0 Å². The van der Waals surface area contributed by atoms with E-state index in [2.05, 4.69) is 39.0 Å². The zero-order chi connectivity index (χ0) is 12.1. The second-order valence-corrected chi connectivity index (χ2v) is 5.77. The topological polar surface area (TPSA) is 29.3 Å². The van der Waals surface area contributed by atoms with Gasteiger partial charge in [0.25, 0.3) is 0 Å². The van der Waals surface area contributed by atoms with Crippen LogP contribution >= 0.6 is 15.9 Å². The van der Waals surface area contributed by atoms with Crippen molar-refractivity contribution in [2.75, 3.05) is 19.6 Å². The highest BCUT2D eigenvalue weighted by atomic mass is 79.9. The maximum atomic E-state index is 6.23. The molecule has 17 heavy (non-hydrogen) atoms. The molecule has 0 aromatic heterocycles. The first-order chi connectivity index (χ1) is 8.25. The van der Waals surface area contributed by atoms with Gasteiger partial charge in [0.05, 0.1) is 0 Å². The van der Waals surface area contributed by atoms with Crippen LogP contribution in [0.15, 0.2) is 28.7 Å². The number of rotatable bonds is 4. The molecular formula is C14H21BrN2. The maximum absolute atomic E-state index is 6.23. The number of likely N-dealkylation sites (tertiary alicyclic amines) is 1. The van der Waals surface area contributed by atoms with Gasteiger partial charge < -0.3 is 10.6 Å². The van der Waals surface area contributed by atoms with Gasteiger partial charge in [-0.25, -0.2) is 0 Å². The number of hydrogen-bond donors (Lipinski definition) is 1. The van der Waals surface area contributed by atoms with E-state index in [1.165, 1.54) is 37.9 Å². The fourth-order valence-corrected chi connectivity index (χ4v) is 2.83. The minimum Gasteiger partial charge on any atom is -0.324 e. The molecule has 1 unspecified atom stereocenters. The highest BCUT2D eigenvalue weighted by Gasteiger charge is 2.12. The molecule has 1 aliphatic heterocycles. The molecule has 1 aliphatic rings. The summed E-state index contributed by atoms with van der Waals surface area (Å²) in [6, 6.07) is 8.50. The summed E-state index contributed by atoms with van der Waals surface area (Å²) in [5.41, 5.74) is 7.47. The second kappa shape index (κ2) is 6.53. The van der Waals surface area contributed by atoms with Crippen molar-refractivity contribution in [1.82, 2.24) is 4.90 Å². The Labute approximate surface area is 112 Å². The Balaban J connectivity index is 1.82. The van der Waals surface area contributed by atoms with E-state index < -0.39 is 0 Å². The quantitative estimate of drug-likeness (QED) is 0.923. The number of benzene rings is 1. The summed E-state index contributed by atoms with van der Waals surface area (Å²) >= 11 is 3.49. The minimum absolute atomic E-state index is 0.162. The number of piperidine rings is 1.